The standard InChI is InChI=1S/C23H28N2O3S/c1-3-19(21-11-9-18(2)10-12-21)17-29(27,28)24-23(26)25-15-13-22(14-16-25)20-7-5-4-6-8-20/h4-12,17,22H,3,13-16H2,1-2H3,(H,24,26). The molecule has 0 aliphatic carbocycles. The number of allylic oxidation sites excluding steroid dienone is 1. The fourth-order valence-corrected chi connectivity index (χ4v) is 4.78. The van der Waals surface area contributed by atoms with E-state index in [9.17, 15) is 13.2 Å². The highest BCUT2D eigenvalue weighted by atomic mass is 32.2. The van der Waals surface area contributed by atoms with Crippen LogP contribution in [0.1, 0.15) is 48.8 Å². The summed E-state index contributed by atoms with van der Waals surface area (Å²) in [7, 11) is -3.87. The number of hydrogen-bond donors (Lipinski definition) is 1. The number of aryl methyl sites for hydroxylation is 1. The van der Waals surface area contributed by atoms with Crippen LogP contribution in [0.3, 0.4) is 0 Å². The lowest BCUT2D eigenvalue weighted by Crippen LogP contribution is -2.45. The molecule has 6 heteroatoms. The highest BCUT2D eigenvalue weighted by Crippen LogP contribution is 2.27. The lowest BCUT2D eigenvalue weighted by Gasteiger charge is -2.32. The quantitative estimate of drug-likeness (QED) is 0.776. The molecule has 2 amide bonds. The molecule has 2 aromatic carbocycles. The van der Waals surface area contributed by atoms with Crippen LogP contribution in [0.15, 0.2) is 60.0 Å². The highest BCUT2D eigenvalue weighted by molar-refractivity contribution is 7.93. The maximum atomic E-state index is 12.5. The number of hydrogen-bond acceptors (Lipinski definition) is 3. The topological polar surface area (TPSA) is 66.5 Å². The maximum Gasteiger partial charge on any atom is 0.331 e. The minimum atomic E-state index is -3.87. The van der Waals surface area contributed by atoms with Crippen molar-refractivity contribution in [2.45, 2.75) is 39.0 Å². The second-order valence-corrected chi connectivity index (χ2v) is 9.02. The van der Waals surface area contributed by atoms with E-state index >= 15 is 0 Å². The van der Waals surface area contributed by atoms with E-state index in [0.717, 1.165) is 24.0 Å². The Bertz CT molecular complexity index is 959. The van der Waals surface area contributed by atoms with E-state index in [1.807, 2.05) is 56.3 Å². The first-order valence-corrected chi connectivity index (χ1v) is 11.6. The van der Waals surface area contributed by atoms with Gasteiger partial charge in [-0.1, -0.05) is 67.1 Å². The third-order valence-corrected chi connectivity index (χ3v) is 6.44. The monoisotopic (exact) mass is 412 g/mol. The highest BCUT2D eigenvalue weighted by Gasteiger charge is 2.25. The number of urea groups is 1. The van der Waals surface area contributed by atoms with Crippen LogP contribution >= 0.6 is 0 Å². The third kappa shape index (κ3) is 5.70. The fourth-order valence-electron chi connectivity index (χ4n) is 3.67. The number of rotatable bonds is 5. The number of benzene rings is 2. The van der Waals surface area contributed by atoms with Gasteiger partial charge in [-0.2, -0.15) is 0 Å². The SMILES string of the molecule is CCC(=CS(=O)(=O)NC(=O)N1CCC(c2ccccc2)CC1)c1ccc(C)cc1. The summed E-state index contributed by atoms with van der Waals surface area (Å²) in [5.74, 6) is 0.407. The molecule has 1 fully saturated rings. The van der Waals surface area contributed by atoms with Crippen molar-refractivity contribution in [2.24, 2.45) is 0 Å². The number of carbonyl (C=O) groups excluding carboxylic acids is 1. The Balaban J connectivity index is 1.62. The van der Waals surface area contributed by atoms with Crippen molar-refractivity contribution >= 4 is 21.6 Å². The number of carbonyl (C=O) groups is 1. The number of nitrogens with zero attached hydrogens (tertiary/aromatic N) is 1. The van der Waals surface area contributed by atoms with E-state index in [0.29, 0.717) is 31.0 Å². The fraction of sp³-hybridized carbons (Fsp3) is 0.348. The van der Waals surface area contributed by atoms with Crippen molar-refractivity contribution in [1.82, 2.24) is 9.62 Å². The molecule has 0 spiro atoms. The van der Waals surface area contributed by atoms with Gasteiger partial charge in [-0.05, 0) is 48.8 Å². The Morgan fingerprint density at radius 2 is 1.69 bits per heavy atom. The molecule has 1 N–H and O–H groups in total. The molecule has 154 valence electrons. The maximum absolute atomic E-state index is 12.5. The lowest BCUT2D eigenvalue weighted by atomic mass is 9.90. The summed E-state index contributed by atoms with van der Waals surface area (Å²) in [6, 6.07) is 17.4. The molecule has 0 unspecified atom stereocenters. The molecular weight excluding hydrogens is 384 g/mol. The van der Waals surface area contributed by atoms with E-state index < -0.39 is 16.1 Å². The van der Waals surface area contributed by atoms with Gasteiger partial charge in [0.05, 0.1) is 5.41 Å². The van der Waals surface area contributed by atoms with Crippen molar-refractivity contribution < 1.29 is 13.2 Å². The molecule has 3 rings (SSSR count). The predicted molar refractivity (Wildman–Crippen MR) is 117 cm³/mol. The molecule has 2 aromatic rings. The molecule has 0 bridgehead atoms. The van der Waals surface area contributed by atoms with Crippen molar-refractivity contribution in [2.75, 3.05) is 13.1 Å². The Labute approximate surface area is 173 Å². The first kappa shape index (κ1) is 21.1. The minimum absolute atomic E-state index is 0.407. The number of likely N-dealkylation sites (tertiary alicyclic amines) is 1. The van der Waals surface area contributed by atoms with Crippen LogP contribution in [-0.4, -0.2) is 32.4 Å². The van der Waals surface area contributed by atoms with Crippen LogP contribution in [-0.2, 0) is 10.0 Å². The zero-order chi connectivity index (χ0) is 20.9. The average molecular weight is 413 g/mol. The normalized spacial score (nSPS) is 15.9. The summed E-state index contributed by atoms with van der Waals surface area (Å²) in [4.78, 5) is 14.1. The van der Waals surface area contributed by atoms with Gasteiger partial charge in [0.1, 0.15) is 0 Å². The number of sulfonamides is 1. The first-order chi connectivity index (χ1) is 13.9. The van der Waals surface area contributed by atoms with Crippen LogP contribution in [0.2, 0.25) is 0 Å². The van der Waals surface area contributed by atoms with Gasteiger partial charge >= 0.3 is 6.03 Å². The van der Waals surface area contributed by atoms with Gasteiger partial charge in [0.25, 0.3) is 10.0 Å². The largest absolute Gasteiger partial charge is 0.331 e. The number of nitrogens with one attached hydrogen (secondary N) is 1. The molecule has 0 saturated carbocycles. The summed E-state index contributed by atoms with van der Waals surface area (Å²) < 4.78 is 27.3. The summed E-state index contributed by atoms with van der Waals surface area (Å²) in [5.41, 5.74) is 3.90. The van der Waals surface area contributed by atoms with Gasteiger partial charge < -0.3 is 4.90 Å². The van der Waals surface area contributed by atoms with E-state index in [2.05, 4.69) is 16.9 Å². The van der Waals surface area contributed by atoms with Crippen LogP contribution in [0.5, 0.6) is 0 Å². The zero-order valence-corrected chi connectivity index (χ0v) is 17.8. The predicted octanol–water partition coefficient (Wildman–Crippen LogP) is 4.66. The smallest absolute Gasteiger partial charge is 0.324 e. The number of piperidine rings is 1. The lowest BCUT2D eigenvalue weighted by molar-refractivity contribution is 0.187. The summed E-state index contributed by atoms with van der Waals surface area (Å²) in [6.07, 6.45) is 2.22. The van der Waals surface area contributed by atoms with Crippen molar-refractivity contribution in [3.8, 4) is 0 Å². The molecule has 1 saturated heterocycles. The molecule has 0 radical (unpaired) electrons. The second kappa shape index (κ2) is 9.27. The summed E-state index contributed by atoms with van der Waals surface area (Å²) in [6.45, 7) is 4.97. The van der Waals surface area contributed by atoms with Gasteiger partial charge in [-0.3, -0.25) is 0 Å². The zero-order valence-electron chi connectivity index (χ0n) is 17.0. The summed E-state index contributed by atoms with van der Waals surface area (Å²) in [5, 5.41) is 1.17. The molecule has 0 aromatic heterocycles. The van der Waals surface area contributed by atoms with Crippen LogP contribution < -0.4 is 4.72 Å². The number of amides is 2. The van der Waals surface area contributed by atoms with E-state index in [1.165, 1.54) is 11.0 Å². The molecule has 1 aliphatic heterocycles. The van der Waals surface area contributed by atoms with Gasteiger partial charge in [-0.15, -0.1) is 0 Å². The Morgan fingerprint density at radius 1 is 1.07 bits per heavy atom. The Hall–Kier alpha value is -2.60. The molecule has 29 heavy (non-hydrogen) atoms. The van der Waals surface area contributed by atoms with Gasteiger partial charge in [0.15, 0.2) is 0 Å². The Morgan fingerprint density at radius 3 is 2.28 bits per heavy atom. The molecule has 1 aliphatic rings. The molecular formula is C23H28N2O3S. The van der Waals surface area contributed by atoms with Crippen molar-refractivity contribution in [3.05, 3.63) is 76.7 Å². The Kier molecular flexibility index (Phi) is 6.75. The first-order valence-electron chi connectivity index (χ1n) is 10.0. The van der Waals surface area contributed by atoms with Crippen LogP contribution in [0.4, 0.5) is 4.79 Å². The second-order valence-electron chi connectivity index (χ2n) is 7.49. The van der Waals surface area contributed by atoms with Gasteiger partial charge in [-0.25, -0.2) is 17.9 Å². The van der Waals surface area contributed by atoms with Gasteiger partial charge in [0.2, 0.25) is 0 Å². The van der Waals surface area contributed by atoms with Gasteiger partial charge in [0, 0.05) is 13.1 Å². The minimum Gasteiger partial charge on any atom is -0.324 e. The van der Waals surface area contributed by atoms with E-state index in [-0.39, 0.29) is 0 Å². The molecule has 1 heterocycles. The summed E-state index contributed by atoms with van der Waals surface area (Å²) >= 11 is 0. The van der Waals surface area contributed by atoms with E-state index in [4.69, 9.17) is 0 Å². The van der Waals surface area contributed by atoms with E-state index in [1.54, 1.807) is 4.90 Å². The third-order valence-electron chi connectivity index (χ3n) is 5.38. The molecule has 5 nitrogen and oxygen atoms in total. The van der Waals surface area contributed by atoms with Crippen molar-refractivity contribution in [1.29, 1.82) is 0 Å². The van der Waals surface area contributed by atoms with Crippen LogP contribution in [0.25, 0.3) is 5.57 Å². The van der Waals surface area contributed by atoms with Crippen molar-refractivity contribution in [3.63, 3.8) is 0 Å². The average Bonchev–Trinajstić information content (AvgIpc) is 2.73. The van der Waals surface area contributed by atoms with Crippen LogP contribution in [0, 0.1) is 6.92 Å². The molecule has 0 atom stereocenters.